The fourth-order valence-corrected chi connectivity index (χ4v) is 3.74. The summed E-state index contributed by atoms with van der Waals surface area (Å²) in [5.74, 6) is 0.712. The second kappa shape index (κ2) is 13.6. The van der Waals surface area contributed by atoms with Crippen molar-refractivity contribution in [1.29, 1.82) is 5.26 Å². The van der Waals surface area contributed by atoms with Crippen molar-refractivity contribution >= 4 is 33.6 Å². The summed E-state index contributed by atoms with van der Waals surface area (Å²) in [5, 5.41) is 12.3. The van der Waals surface area contributed by atoms with Crippen LogP contribution in [-0.2, 0) is 4.79 Å². The first-order valence-electron chi connectivity index (χ1n) is 11.0. The van der Waals surface area contributed by atoms with E-state index in [0.29, 0.717) is 33.8 Å². The first-order chi connectivity index (χ1) is 15.5. The molecule has 1 N–H and O–H groups in total. The smallest absolute Gasteiger partial charge is 0.266 e. The Balaban J connectivity index is 2.07. The number of carbonyl (C=O) groups excluding carboxylic acids is 1. The van der Waals surface area contributed by atoms with Crippen molar-refractivity contribution < 1.29 is 14.3 Å². The number of nitrogens with one attached hydrogen (secondary N) is 1. The van der Waals surface area contributed by atoms with E-state index in [2.05, 4.69) is 28.2 Å². The predicted octanol–water partition coefficient (Wildman–Crippen LogP) is 7.05. The SMILES string of the molecule is CCCCCCCCOc1c(Br)cc(/C=C(/C#N)C(=O)Nc2ccc(C)cc2)cc1OC. The van der Waals surface area contributed by atoms with E-state index < -0.39 is 5.91 Å². The highest BCUT2D eigenvalue weighted by Crippen LogP contribution is 2.37. The fourth-order valence-electron chi connectivity index (χ4n) is 3.17. The van der Waals surface area contributed by atoms with Crippen molar-refractivity contribution in [2.75, 3.05) is 19.0 Å². The maximum atomic E-state index is 12.5. The lowest BCUT2D eigenvalue weighted by Gasteiger charge is -2.14. The molecule has 2 rings (SSSR count). The average Bonchev–Trinajstić information content (AvgIpc) is 2.79. The first-order valence-corrected chi connectivity index (χ1v) is 11.8. The van der Waals surface area contributed by atoms with Gasteiger partial charge in [0.2, 0.25) is 0 Å². The Morgan fingerprint density at radius 2 is 1.81 bits per heavy atom. The molecule has 0 radical (unpaired) electrons. The molecule has 0 saturated carbocycles. The molecule has 0 aromatic heterocycles. The Labute approximate surface area is 199 Å². The number of halogens is 1. The molecule has 1 amide bonds. The summed E-state index contributed by atoms with van der Waals surface area (Å²) in [7, 11) is 1.57. The zero-order chi connectivity index (χ0) is 23.3. The van der Waals surface area contributed by atoms with Crippen LogP contribution in [0.2, 0.25) is 0 Å². The molecule has 6 heteroatoms. The van der Waals surface area contributed by atoms with Gasteiger partial charge in [0.15, 0.2) is 11.5 Å². The third-order valence-electron chi connectivity index (χ3n) is 4.98. The van der Waals surface area contributed by atoms with Crippen molar-refractivity contribution in [3.63, 3.8) is 0 Å². The number of hydrogen-bond acceptors (Lipinski definition) is 4. The van der Waals surface area contributed by atoms with E-state index >= 15 is 0 Å². The van der Waals surface area contributed by atoms with Crippen LogP contribution in [0.15, 0.2) is 46.4 Å². The topological polar surface area (TPSA) is 71.3 Å². The van der Waals surface area contributed by atoms with Crippen LogP contribution >= 0.6 is 15.9 Å². The van der Waals surface area contributed by atoms with Gasteiger partial charge < -0.3 is 14.8 Å². The molecule has 0 fully saturated rings. The molecule has 5 nitrogen and oxygen atoms in total. The van der Waals surface area contributed by atoms with Crippen molar-refractivity contribution in [1.82, 2.24) is 0 Å². The number of unbranched alkanes of at least 4 members (excludes halogenated alkanes) is 5. The van der Waals surface area contributed by atoms with Crippen molar-refractivity contribution in [2.24, 2.45) is 0 Å². The van der Waals surface area contributed by atoms with Crippen LogP contribution in [-0.4, -0.2) is 19.6 Å². The number of anilines is 1. The number of benzene rings is 2. The molecule has 0 atom stereocenters. The molecule has 170 valence electrons. The molecule has 0 aliphatic heterocycles. The molecule has 2 aromatic carbocycles. The summed E-state index contributed by atoms with van der Waals surface area (Å²) in [6.07, 6.45) is 8.67. The van der Waals surface area contributed by atoms with Gasteiger partial charge in [0.1, 0.15) is 11.6 Å². The Bertz CT molecular complexity index is 962. The number of ether oxygens (including phenoxy) is 2. The highest BCUT2D eigenvalue weighted by molar-refractivity contribution is 9.10. The Morgan fingerprint density at radius 1 is 1.12 bits per heavy atom. The van der Waals surface area contributed by atoms with E-state index in [4.69, 9.17) is 9.47 Å². The van der Waals surface area contributed by atoms with Crippen molar-refractivity contribution in [3.05, 3.63) is 57.6 Å². The van der Waals surface area contributed by atoms with Gasteiger partial charge in [0.25, 0.3) is 5.91 Å². The molecular weight excluding hydrogens is 468 g/mol. The number of methoxy groups -OCH3 is 1. The minimum Gasteiger partial charge on any atom is -0.493 e. The summed E-state index contributed by atoms with van der Waals surface area (Å²) in [6, 6.07) is 13.0. The van der Waals surface area contributed by atoms with E-state index in [0.717, 1.165) is 18.4 Å². The predicted molar refractivity (Wildman–Crippen MR) is 133 cm³/mol. The third-order valence-corrected chi connectivity index (χ3v) is 5.57. The van der Waals surface area contributed by atoms with E-state index in [-0.39, 0.29) is 5.57 Å². The van der Waals surface area contributed by atoms with Crippen LogP contribution in [0.1, 0.15) is 56.6 Å². The average molecular weight is 499 g/mol. The van der Waals surface area contributed by atoms with Crippen molar-refractivity contribution in [3.8, 4) is 17.6 Å². The fraction of sp³-hybridized carbons (Fsp3) is 0.385. The van der Waals surface area contributed by atoms with Crippen LogP contribution in [0, 0.1) is 18.3 Å². The monoisotopic (exact) mass is 498 g/mol. The zero-order valence-corrected chi connectivity index (χ0v) is 20.6. The largest absolute Gasteiger partial charge is 0.493 e. The van der Waals surface area contributed by atoms with Crippen LogP contribution in [0.5, 0.6) is 11.5 Å². The Morgan fingerprint density at radius 3 is 2.47 bits per heavy atom. The molecule has 0 aliphatic rings. The van der Waals surface area contributed by atoms with Gasteiger partial charge >= 0.3 is 0 Å². The van der Waals surface area contributed by atoms with Gasteiger partial charge in [-0.3, -0.25) is 4.79 Å². The second-order valence-electron chi connectivity index (χ2n) is 7.64. The molecule has 2 aromatic rings. The lowest BCUT2D eigenvalue weighted by molar-refractivity contribution is -0.112. The standard InChI is InChI=1S/C26H31BrN2O3/c1-4-5-6-7-8-9-14-32-25-23(27)16-20(17-24(25)31-3)15-21(18-28)26(30)29-22-12-10-19(2)11-13-22/h10-13,15-17H,4-9,14H2,1-3H3,(H,29,30)/b21-15-. The maximum Gasteiger partial charge on any atom is 0.266 e. The van der Waals surface area contributed by atoms with Gasteiger partial charge in [-0.2, -0.15) is 5.26 Å². The minimum absolute atomic E-state index is 0.000255. The quantitative estimate of drug-likeness (QED) is 0.193. The molecule has 0 bridgehead atoms. The molecule has 0 spiro atoms. The van der Waals surface area contributed by atoms with Crippen LogP contribution < -0.4 is 14.8 Å². The molecular formula is C26H31BrN2O3. The number of aryl methyl sites for hydroxylation is 1. The Kier molecular flexibility index (Phi) is 10.8. The van der Waals surface area contributed by atoms with Crippen LogP contribution in [0.25, 0.3) is 6.08 Å². The molecule has 32 heavy (non-hydrogen) atoms. The third kappa shape index (κ3) is 8.05. The van der Waals surface area contributed by atoms with E-state index in [9.17, 15) is 10.1 Å². The highest BCUT2D eigenvalue weighted by atomic mass is 79.9. The number of nitriles is 1. The molecule has 0 heterocycles. The summed E-state index contributed by atoms with van der Waals surface area (Å²) in [4.78, 5) is 12.5. The van der Waals surface area contributed by atoms with Gasteiger partial charge in [-0.1, -0.05) is 56.7 Å². The summed E-state index contributed by atoms with van der Waals surface area (Å²) < 4.78 is 12.2. The zero-order valence-electron chi connectivity index (χ0n) is 19.0. The maximum absolute atomic E-state index is 12.5. The number of rotatable bonds is 12. The lowest BCUT2D eigenvalue weighted by Crippen LogP contribution is -2.13. The number of amides is 1. The van der Waals surface area contributed by atoms with Crippen LogP contribution in [0.3, 0.4) is 0 Å². The van der Waals surface area contributed by atoms with Gasteiger partial charge in [-0.15, -0.1) is 0 Å². The molecule has 0 unspecified atom stereocenters. The van der Waals surface area contributed by atoms with E-state index in [1.54, 1.807) is 25.3 Å². The number of nitrogens with zero attached hydrogens (tertiary/aromatic N) is 1. The lowest BCUT2D eigenvalue weighted by atomic mass is 10.1. The summed E-state index contributed by atoms with van der Waals surface area (Å²) in [5.41, 5.74) is 2.39. The summed E-state index contributed by atoms with van der Waals surface area (Å²) >= 11 is 3.53. The minimum atomic E-state index is -0.463. The first kappa shape index (κ1) is 25.5. The number of hydrogen-bond donors (Lipinski definition) is 1. The van der Waals surface area contributed by atoms with Gasteiger partial charge in [0.05, 0.1) is 18.2 Å². The molecule has 0 saturated heterocycles. The number of carbonyl (C=O) groups is 1. The van der Waals surface area contributed by atoms with Crippen LogP contribution in [0.4, 0.5) is 5.69 Å². The van der Waals surface area contributed by atoms with Crippen molar-refractivity contribution in [2.45, 2.75) is 52.4 Å². The Hall–Kier alpha value is -2.78. The van der Waals surface area contributed by atoms with E-state index in [1.807, 2.05) is 31.2 Å². The van der Waals surface area contributed by atoms with E-state index in [1.165, 1.54) is 31.8 Å². The van der Waals surface area contributed by atoms with Gasteiger partial charge in [-0.05, 0) is 65.2 Å². The normalized spacial score (nSPS) is 11.0. The second-order valence-corrected chi connectivity index (χ2v) is 8.49. The highest BCUT2D eigenvalue weighted by Gasteiger charge is 2.14. The van der Waals surface area contributed by atoms with Gasteiger partial charge in [-0.25, -0.2) is 0 Å². The molecule has 0 aliphatic carbocycles. The summed E-state index contributed by atoms with van der Waals surface area (Å²) in [6.45, 7) is 4.79. The van der Waals surface area contributed by atoms with Gasteiger partial charge in [0, 0.05) is 5.69 Å².